The molecule has 1 aromatic rings. The highest BCUT2D eigenvalue weighted by atomic mass is 19.1. The van der Waals surface area contributed by atoms with Crippen LogP contribution in [0.25, 0.3) is 0 Å². The minimum atomic E-state index is -1.16. The highest BCUT2D eigenvalue weighted by Crippen LogP contribution is 2.27. The summed E-state index contributed by atoms with van der Waals surface area (Å²) in [6.07, 6.45) is -0.198. The van der Waals surface area contributed by atoms with Crippen molar-refractivity contribution in [1.82, 2.24) is 15.8 Å². The lowest BCUT2D eigenvalue weighted by Gasteiger charge is -2.40. The van der Waals surface area contributed by atoms with Crippen LogP contribution in [0.1, 0.15) is 31.4 Å². The van der Waals surface area contributed by atoms with E-state index in [4.69, 9.17) is 0 Å². The van der Waals surface area contributed by atoms with Gasteiger partial charge in [-0.1, -0.05) is 18.2 Å². The summed E-state index contributed by atoms with van der Waals surface area (Å²) in [4.78, 5) is 14.1. The average molecular weight is 323 g/mol. The molecule has 2 fully saturated rings. The van der Waals surface area contributed by atoms with E-state index in [2.05, 4.69) is 10.9 Å². The number of halogens is 1. The number of nitrogens with one attached hydrogen (secondary N) is 2. The SMILES string of the molecule is C[C@@]1(O)CCN(C(=O)C2CC(c3ccccc3F)NN2)C[C@@H]1O. The Kier molecular flexibility index (Phi) is 4.37. The monoisotopic (exact) mass is 323 g/mol. The predicted molar refractivity (Wildman–Crippen MR) is 81.6 cm³/mol. The largest absolute Gasteiger partial charge is 0.388 e. The van der Waals surface area contributed by atoms with Gasteiger partial charge < -0.3 is 15.1 Å². The third-order valence-electron chi connectivity index (χ3n) is 4.79. The molecule has 126 valence electrons. The Hall–Kier alpha value is -1.54. The van der Waals surface area contributed by atoms with E-state index in [9.17, 15) is 19.4 Å². The summed E-state index contributed by atoms with van der Waals surface area (Å²) in [6.45, 7) is 2.07. The molecule has 4 N–H and O–H groups in total. The van der Waals surface area contributed by atoms with Gasteiger partial charge >= 0.3 is 0 Å². The van der Waals surface area contributed by atoms with Gasteiger partial charge in [-0.25, -0.2) is 15.2 Å². The molecule has 1 aromatic carbocycles. The number of nitrogens with zero attached hydrogens (tertiary/aromatic N) is 1. The molecule has 23 heavy (non-hydrogen) atoms. The van der Waals surface area contributed by atoms with Crippen molar-refractivity contribution < 1.29 is 19.4 Å². The first-order valence-corrected chi connectivity index (χ1v) is 7.83. The first kappa shape index (κ1) is 16.3. The van der Waals surface area contributed by atoms with E-state index in [0.717, 1.165) is 0 Å². The number of hydrogen-bond acceptors (Lipinski definition) is 5. The number of benzene rings is 1. The van der Waals surface area contributed by atoms with Crippen molar-refractivity contribution in [2.24, 2.45) is 0 Å². The van der Waals surface area contributed by atoms with Gasteiger partial charge in [0.25, 0.3) is 0 Å². The van der Waals surface area contributed by atoms with Gasteiger partial charge in [-0.3, -0.25) is 4.79 Å². The van der Waals surface area contributed by atoms with Gasteiger partial charge in [0, 0.05) is 18.7 Å². The van der Waals surface area contributed by atoms with Crippen molar-refractivity contribution >= 4 is 5.91 Å². The minimum Gasteiger partial charge on any atom is -0.388 e. The van der Waals surface area contributed by atoms with Crippen molar-refractivity contribution in [3.63, 3.8) is 0 Å². The van der Waals surface area contributed by atoms with E-state index in [1.54, 1.807) is 30.0 Å². The lowest BCUT2D eigenvalue weighted by molar-refractivity contribution is -0.148. The molecule has 6 nitrogen and oxygen atoms in total. The number of piperidine rings is 1. The summed E-state index contributed by atoms with van der Waals surface area (Å²) in [6, 6.07) is 5.74. The number of likely N-dealkylation sites (tertiary alicyclic amines) is 1. The summed E-state index contributed by atoms with van der Waals surface area (Å²) < 4.78 is 13.8. The van der Waals surface area contributed by atoms with Crippen LogP contribution < -0.4 is 10.9 Å². The summed E-state index contributed by atoms with van der Waals surface area (Å²) in [5.74, 6) is -0.449. The Labute approximate surface area is 134 Å². The van der Waals surface area contributed by atoms with Crippen molar-refractivity contribution in [2.45, 2.75) is 43.6 Å². The van der Waals surface area contributed by atoms with Crippen LogP contribution in [0.3, 0.4) is 0 Å². The van der Waals surface area contributed by atoms with Gasteiger partial charge in [-0.05, 0) is 25.8 Å². The average Bonchev–Trinajstić information content (AvgIpc) is 2.99. The van der Waals surface area contributed by atoms with Gasteiger partial charge in [0.1, 0.15) is 11.9 Å². The van der Waals surface area contributed by atoms with E-state index < -0.39 is 17.7 Å². The highest BCUT2D eigenvalue weighted by Gasteiger charge is 2.41. The lowest BCUT2D eigenvalue weighted by atomic mass is 9.90. The number of aliphatic hydroxyl groups excluding tert-OH is 1. The molecule has 2 aliphatic rings. The Bertz CT molecular complexity index is 596. The van der Waals surface area contributed by atoms with Crippen molar-refractivity contribution in [3.05, 3.63) is 35.6 Å². The number of hydrazine groups is 1. The molecule has 7 heteroatoms. The molecule has 2 heterocycles. The van der Waals surface area contributed by atoms with Crippen LogP contribution in [0.2, 0.25) is 0 Å². The third-order valence-corrected chi connectivity index (χ3v) is 4.79. The van der Waals surface area contributed by atoms with Crippen molar-refractivity contribution in [1.29, 1.82) is 0 Å². The summed E-state index contributed by atoms with van der Waals surface area (Å²) in [5, 5.41) is 19.9. The zero-order chi connectivity index (χ0) is 16.6. The summed E-state index contributed by atoms with van der Waals surface area (Å²) >= 11 is 0. The van der Waals surface area contributed by atoms with Crippen LogP contribution in [0.5, 0.6) is 0 Å². The Morgan fingerprint density at radius 1 is 1.39 bits per heavy atom. The predicted octanol–water partition coefficient (Wildman–Crippen LogP) is 0.0775. The molecule has 2 aliphatic heterocycles. The van der Waals surface area contributed by atoms with Gasteiger partial charge in [-0.2, -0.15) is 0 Å². The molecule has 4 atom stereocenters. The Morgan fingerprint density at radius 3 is 2.83 bits per heavy atom. The molecule has 0 saturated carbocycles. The second-order valence-corrected chi connectivity index (χ2v) is 6.56. The van der Waals surface area contributed by atoms with Gasteiger partial charge in [0.2, 0.25) is 5.91 Å². The van der Waals surface area contributed by atoms with E-state index in [1.165, 1.54) is 6.07 Å². The smallest absolute Gasteiger partial charge is 0.241 e. The third kappa shape index (κ3) is 3.23. The van der Waals surface area contributed by atoms with Crippen LogP contribution >= 0.6 is 0 Å². The first-order chi connectivity index (χ1) is 10.9. The van der Waals surface area contributed by atoms with Crippen LogP contribution in [-0.2, 0) is 4.79 Å². The number of carbonyl (C=O) groups excluding carboxylic acids is 1. The lowest BCUT2D eigenvalue weighted by Crippen LogP contribution is -2.58. The second kappa shape index (κ2) is 6.16. The zero-order valence-electron chi connectivity index (χ0n) is 13.0. The van der Waals surface area contributed by atoms with Crippen LogP contribution in [0.15, 0.2) is 24.3 Å². The van der Waals surface area contributed by atoms with Crippen LogP contribution in [-0.4, -0.2) is 51.9 Å². The van der Waals surface area contributed by atoms with E-state index in [0.29, 0.717) is 24.9 Å². The molecule has 0 aromatic heterocycles. The Balaban J connectivity index is 1.63. The number of amides is 1. The molecule has 3 rings (SSSR count). The molecular weight excluding hydrogens is 301 g/mol. The standard InChI is InChI=1S/C16H22FN3O3/c1-16(23)6-7-20(9-14(16)21)15(22)13-8-12(18-19-13)10-4-2-3-5-11(10)17/h2-5,12-14,18-19,21,23H,6-9H2,1H3/t12?,13?,14-,16+/m0/s1. The maximum atomic E-state index is 13.8. The molecule has 0 spiro atoms. The number of aliphatic hydroxyl groups is 2. The fourth-order valence-electron chi connectivity index (χ4n) is 3.12. The van der Waals surface area contributed by atoms with Crippen LogP contribution in [0, 0.1) is 5.82 Å². The number of rotatable bonds is 2. The van der Waals surface area contributed by atoms with E-state index >= 15 is 0 Å². The zero-order valence-corrected chi connectivity index (χ0v) is 13.0. The molecule has 1 amide bonds. The molecular formula is C16H22FN3O3. The number of β-amino-alcohol motifs (C(OH)–C–C–N with tert-alkyl or cyclic N) is 1. The molecule has 0 bridgehead atoms. The van der Waals surface area contributed by atoms with Crippen molar-refractivity contribution in [3.8, 4) is 0 Å². The molecule has 2 unspecified atom stereocenters. The van der Waals surface area contributed by atoms with E-state index in [1.807, 2.05) is 0 Å². The van der Waals surface area contributed by atoms with E-state index in [-0.39, 0.29) is 24.3 Å². The molecule has 2 saturated heterocycles. The van der Waals surface area contributed by atoms with Gasteiger partial charge in [0.05, 0.1) is 17.7 Å². The molecule has 0 aliphatic carbocycles. The van der Waals surface area contributed by atoms with Crippen molar-refractivity contribution in [2.75, 3.05) is 13.1 Å². The number of hydrogen-bond donors (Lipinski definition) is 4. The van der Waals surface area contributed by atoms with Gasteiger partial charge in [0.15, 0.2) is 0 Å². The summed E-state index contributed by atoms with van der Waals surface area (Å²) in [5.41, 5.74) is 5.24. The number of carbonyl (C=O) groups is 1. The summed E-state index contributed by atoms with van der Waals surface area (Å²) in [7, 11) is 0. The topological polar surface area (TPSA) is 84.8 Å². The Morgan fingerprint density at radius 2 is 2.13 bits per heavy atom. The highest BCUT2D eigenvalue weighted by molar-refractivity contribution is 5.82. The second-order valence-electron chi connectivity index (χ2n) is 6.56. The van der Waals surface area contributed by atoms with Gasteiger partial charge in [-0.15, -0.1) is 0 Å². The fourth-order valence-corrected chi connectivity index (χ4v) is 3.12. The maximum absolute atomic E-state index is 13.8. The normalized spacial score (nSPS) is 34.6. The fraction of sp³-hybridized carbons (Fsp3) is 0.562. The first-order valence-electron chi connectivity index (χ1n) is 7.83. The molecule has 0 radical (unpaired) electrons. The minimum absolute atomic E-state index is 0.106. The maximum Gasteiger partial charge on any atom is 0.241 e. The van der Waals surface area contributed by atoms with Crippen LogP contribution in [0.4, 0.5) is 4.39 Å². The quantitative estimate of drug-likeness (QED) is 0.619.